The summed E-state index contributed by atoms with van der Waals surface area (Å²) >= 11 is 5.97. The van der Waals surface area contributed by atoms with Gasteiger partial charge in [-0.05, 0) is 30.3 Å². The molecule has 104 valence electrons. The molecule has 0 radical (unpaired) electrons. The monoisotopic (exact) mass is 308 g/mol. The van der Waals surface area contributed by atoms with E-state index in [1.807, 2.05) is 0 Å². The second kappa shape index (κ2) is 6.07. The number of hydrogen-bond acceptors (Lipinski definition) is 4. The van der Waals surface area contributed by atoms with Crippen LogP contribution >= 0.6 is 11.6 Å². The van der Waals surface area contributed by atoms with Crippen molar-refractivity contribution in [3.8, 4) is 5.75 Å². The molecule has 0 saturated heterocycles. The Morgan fingerprint density at radius 3 is 2.75 bits per heavy atom. The highest BCUT2D eigenvalue weighted by molar-refractivity contribution is 7.95. The third-order valence-corrected chi connectivity index (χ3v) is 4.43. The lowest BCUT2D eigenvalue weighted by atomic mass is 10.3. The number of nitrogens with one attached hydrogen (secondary N) is 1. The summed E-state index contributed by atoms with van der Waals surface area (Å²) in [7, 11) is -1.64. The number of ether oxygens (including phenoxy) is 1. The van der Waals surface area contributed by atoms with Crippen molar-refractivity contribution in [3.63, 3.8) is 0 Å². The quantitative estimate of drug-likeness (QED) is 0.934. The van der Waals surface area contributed by atoms with Crippen LogP contribution in [0.15, 0.2) is 52.9 Å². The molecule has 1 atom stereocenters. The van der Waals surface area contributed by atoms with Gasteiger partial charge in [-0.1, -0.05) is 23.7 Å². The van der Waals surface area contributed by atoms with E-state index in [-0.39, 0.29) is 0 Å². The number of rotatable bonds is 4. The fourth-order valence-corrected chi connectivity index (χ4v) is 3.01. The molecule has 0 bridgehead atoms. The maximum absolute atomic E-state index is 12.5. The zero-order valence-electron chi connectivity index (χ0n) is 10.7. The van der Waals surface area contributed by atoms with E-state index >= 15 is 0 Å². The van der Waals surface area contributed by atoms with Gasteiger partial charge >= 0.3 is 0 Å². The van der Waals surface area contributed by atoms with Crippen molar-refractivity contribution in [3.05, 3.63) is 58.7 Å². The maximum atomic E-state index is 12.5. The predicted molar refractivity (Wildman–Crippen MR) is 80.4 cm³/mol. The van der Waals surface area contributed by atoms with E-state index in [1.165, 1.54) is 18.6 Å². The molecule has 0 amide bonds. The fourth-order valence-electron chi connectivity index (χ4n) is 1.62. The Kier molecular flexibility index (Phi) is 4.42. The predicted octanol–water partition coefficient (Wildman–Crippen LogP) is 3.82. The van der Waals surface area contributed by atoms with E-state index in [4.69, 9.17) is 21.1 Å². The van der Waals surface area contributed by atoms with Gasteiger partial charge in [0.1, 0.15) is 5.75 Å². The molecule has 1 aromatic carbocycles. The smallest absolute Gasteiger partial charge is 0.136 e. The van der Waals surface area contributed by atoms with Gasteiger partial charge in [0.25, 0.3) is 0 Å². The minimum Gasteiger partial charge on any atom is -0.495 e. The average molecular weight is 309 g/mol. The molecule has 2 rings (SSSR count). The number of para-hydroxylation sites is 1. The molecule has 2 aromatic rings. The van der Waals surface area contributed by atoms with Crippen LogP contribution in [0.4, 0.5) is 0 Å². The molecular weight excluding hydrogens is 296 g/mol. The molecule has 6 heteroatoms. The Hall–Kier alpha value is -1.85. The van der Waals surface area contributed by atoms with Gasteiger partial charge in [0, 0.05) is 11.6 Å². The van der Waals surface area contributed by atoms with Gasteiger partial charge in [-0.2, -0.15) is 0 Å². The summed E-state index contributed by atoms with van der Waals surface area (Å²) < 4.78 is 25.6. The molecule has 4 nitrogen and oxygen atoms in total. The number of aromatic nitrogens is 1. The molecule has 1 unspecified atom stereocenters. The lowest BCUT2D eigenvalue weighted by molar-refractivity contribution is 0.404. The molecule has 1 aromatic heterocycles. The van der Waals surface area contributed by atoms with Crippen molar-refractivity contribution in [1.29, 1.82) is 4.78 Å². The molecule has 1 heterocycles. The van der Waals surface area contributed by atoms with Crippen LogP contribution < -0.4 is 4.74 Å². The number of benzene rings is 1. The first-order chi connectivity index (χ1) is 9.54. The van der Waals surface area contributed by atoms with Gasteiger partial charge < -0.3 is 4.74 Å². The summed E-state index contributed by atoms with van der Waals surface area (Å²) in [5.74, 6) is 0.421. The Bertz CT molecular complexity index is 742. The Morgan fingerprint density at radius 1 is 1.30 bits per heavy atom. The first-order valence-electron chi connectivity index (χ1n) is 5.75. The molecule has 0 aliphatic heterocycles. The first kappa shape index (κ1) is 14.6. The lowest BCUT2D eigenvalue weighted by Crippen LogP contribution is -1.98. The molecule has 0 aliphatic rings. The molecule has 1 N–H and O–H groups in total. The summed E-state index contributed by atoms with van der Waals surface area (Å²) in [5, 5.41) is 1.73. The second-order valence-corrected chi connectivity index (χ2v) is 6.25. The van der Waals surface area contributed by atoms with Crippen molar-refractivity contribution in [2.24, 2.45) is 0 Å². The number of halogens is 1. The van der Waals surface area contributed by atoms with Gasteiger partial charge in [0.2, 0.25) is 0 Å². The van der Waals surface area contributed by atoms with Gasteiger partial charge in [0.05, 0.1) is 32.5 Å². The zero-order chi connectivity index (χ0) is 14.6. The molecule has 0 fully saturated rings. The van der Waals surface area contributed by atoms with Crippen LogP contribution in [0, 0.1) is 4.78 Å². The van der Waals surface area contributed by atoms with Crippen molar-refractivity contribution in [2.45, 2.75) is 4.90 Å². The lowest BCUT2D eigenvalue weighted by Gasteiger charge is -2.08. The first-order valence-corrected chi connectivity index (χ1v) is 7.75. The fraction of sp³-hybridized carbons (Fsp3) is 0.0714. The van der Waals surface area contributed by atoms with Crippen LogP contribution in [0.25, 0.3) is 6.08 Å². The van der Waals surface area contributed by atoms with Crippen molar-refractivity contribution >= 4 is 27.4 Å². The van der Waals surface area contributed by atoms with Gasteiger partial charge in [-0.25, -0.2) is 8.99 Å². The highest BCUT2D eigenvalue weighted by atomic mass is 35.5. The summed E-state index contributed by atoms with van der Waals surface area (Å²) in [6.45, 7) is 0. The van der Waals surface area contributed by atoms with Crippen molar-refractivity contribution in [2.75, 3.05) is 7.11 Å². The minimum absolute atomic E-state index is 0.325. The maximum Gasteiger partial charge on any atom is 0.136 e. The molecule has 20 heavy (non-hydrogen) atoms. The van der Waals surface area contributed by atoms with E-state index in [1.54, 1.807) is 42.6 Å². The summed E-state index contributed by atoms with van der Waals surface area (Å²) in [6.07, 6.45) is 3.07. The van der Waals surface area contributed by atoms with Gasteiger partial charge in [-0.3, -0.25) is 4.98 Å². The minimum atomic E-state index is -3.12. The van der Waals surface area contributed by atoms with Crippen LogP contribution in [-0.2, 0) is 9.73 Å². The summed E-state index contributed by atoms with van der Waals surface area (Å²) in [6, 6.07) is 10.1. The van der Waals surface area contributed by atoms with Crippen LogP contribution in [0.1, 0.15) is 5.69 Å². The molecule has 0 saturated carbocycles. The second-order valence-electron chi connectivity index (χ2n) is 3.92. The Labute approximate surface area is 123 Å². The Balaban J connectivity index is 2.39. The zero-order valence-corrected chi connectivity index (χ0v) is 12.3. The van der Waals surface area contributed by atoms with Crippen molar-refractivity contribution in [1.82, 2.24) is 4.98 Å². The highest BCUT2D eigenvalue weighted by Crippen LogP contribution is 2.26. The van der Waals surface area contributed by atoms with Crippen LogP contribution in [0.3, 0.4) is 0 Å². The molecule has 0 aliphatic carbocycles. The van der Waals surface area contributed by atoms with Gasteiger partial charge in [-0.15, -0.1) is 0 Å². The van der Waals surface area contributed by atoms with E-state index in [0.717, 1.165) is 0 Å². The average Bonchev–Trinajstić information content (AvgIpc) is 2.46. The normalized spacial score (nSPS) is 14.1. The van der Waals surface area contributed by atoms with Crippen LogP contribution in [0.2, 0.25) is 5.02 Å². The number of pyridine rings is 1. The van der Waals surface area contributed by atoms with Crippen LogP contribution in [-0.4, -0.2) is 16.3 Å². The SMILES string of the molecule is COc1ccccc1S(=N)(=O)/C=C/c1ncccc1Cl. The van der Waals surface area contributed by atoms with Gasteiger partial charge in [0.15, 0.2) is 0 Å². The van der Waals surface area contributed by atoms with Crippen molar-refractivity contribution < 1.29 is 8.95 Å². The Morgan fingerprint density at radius 2 is 2.05 bits per heavy atom. The van der Waals surface area contributed by atoms with E-state index in [2.05, 4.69) is 4.98 Å². The van der Waals surface area contributed by atoms with E-state index in [0.29, 0.717) is 21.4 Å². The molecular formula is C14H13ClN2O2S. The third kappa shape index (κ3) is 3.18. The summed E-state index contributed by atoms with van der Waals surface area (Å²) in [4.78, 5) is 4.38. The highest BCUT2D eigenvalue weighted by Gasteiger charge is 2.12. The van der Waals surface area contributed by atoms with E-state index < -0.39 is 9.73 Å². The summed E-state index contributed by atoms with van der Waals surface area (Å²) in [5.41, 5.74) is 0.476. The molecule has 0 spiro atoms. The van der Waals surface area contributed by atoms with Crippen LogP contribution in [0.5, 0.6) is 5.75 Å². The largest absolute Gasteiger partial charge is 0.495 e. The standard InChI is InChI=1S/C14H13ClN2O2S/c1-19-13-6-2-3-7-14(13)20(16,18)10-8-12-11(15)5-4-9-17-12/h2-10,16H,1H3/b10-8+. The third-order valence-electron chi connectivity index (χ3n) is 2.60. The number of nitrogens with zero attached hydrogens (tertiary/aromatic N) is 1. The van der Waals surface area contributed by atoms with E-state index in [9.17, 15) is 4.21 Å². The number of methoxy groups -OCH3 is 1. The number of hydrogen-bond donors (Lipinski definition) is 1. The topological polar surface area (TPSA) is 63.0 Å².